The molecule has 1 aromatic rings. The van der Waals surface area contributed by atoms with Crippen molar-refractivity contribution in [2.45, 2.75) is 19.1 Å². The van der Waals surface area contributed by atoms with Gasteiger partial charge in [0.2, 0.25) is 0 Å². The zero-order valence-electron chi connectivity index (χ0n) is 10.3. The van der Waals surface area contributed by atoms with E-state index in [4.69, 9.17) is 16.3 Å². The number of ether oxygens (including phenoxy) is 1. The van der Waals surface area contributed by atoms with Gasteiger partial charge in [-0.15, -0.1) is 6.58 Å². The molecule has 0 amide bonds. The lowest BCUT2D eigenvalue weighted by Crippen LogP contribution is -2.02. The van der Waals surface area contributed by atoms with Gasteiger partial charge in [0, 0.05) is 6.42 Å². The number of nitrogens with zero attached hydrogens (tertiary/aromatic N) is 2. The van der Waals surface area contributed by atoms with Crippen LogP contribution in [0.4, 0.5) is 4.39 Å². The number of aromatic nitrogens is 2. The Morgan fingerprint density at radius 2 is 2.26 bits per heavy atom. The first-order chi connectivity index (χ1) is 9.19. The minimum Gasteiger partial charge on any atom is -0.455 e. The van der Waals surface area contributed by atoms with Gasteiger partial charge in [-0.25, -0.2) is 9.07 Å². The highest BCUT2D eigenvalue weighted by Gasteiger charge is 2.22. The van der Waals surface area contributed by atoms with Gasteiger partial charge >= 0.3 is 0 Å². The Morgan fingerprint density at radius 3 is 2.79 bits per heavy atom. The van der Waals surface area contributed by atoms with Gasteiger partial charge in [0.05, 0.1) is 24.1 Å². The van der Waals surface area contributed by atoms with Gasteiger partial charge in [-0.2, -0.15) is 5.10 Å². The lowest BCUT2D eigenvalue weighted by molar-refractivity contribution is -0.131. The minimum absolute atomic E-state index is 0.238. The van der Waals surface area contributed by atoms with E-state index in [-0.39, 0.29) is 6.42 Å². The molecule has 1 aromatic heterocycles. The average Bonchev–Trinajstić information content (AvgIpc) is 2.71. The monoisotopic (exact) mass is 284 g/mol. The minimum atomic E-state index is -0.716. The Hall–Kier alpha value is -1.88. The molecule has 0 aromatic carbocycles. The summed E-state index contributed by atoms with van der Waals surface area (Å²) in [4.78, 5) is 10.5. The fourth-order valence-electron chi connectivity index (χ4n) is 1.63. The van der Waals surface area contributed by atoms with Crippen LogP contribution in [0.1, 0.15) is 17.4 Å². The molecule has 0 aliphatic heterocycles. The smallest absolute Gasteiger partial charge is 0.294 e. The molecule has 0 bridgehead atoms. The van der Waals surface area contributed by atoms with Crippen LogP contribution in [0.5, 0.6) is 0 Å². The van der Waals surface area contributed by atoms with Crippen LogP contribution in [0.15, 0.2) is 37.7 Å². The van der Waals surface area contributed by atoms with E-state index in [1.807, 2.05) is 0 Å². The highest BCUT2D eigenvalue weighted by atomic mass is 35.5. The van der Waals surface area contributed by atoms with Crippen LogP contribution in [0.25, 0.3) is 0 Å². The summed E-state index contributed by atoms with van der Waals surface area (Å²) in [7, 11) is 0. The molecule has 0 fully saturated rings. The van der Waals surface area contributed by atoms with Crippen molar-refractivity contribution in [1.82, 2.24) is 9.78 Å². The van der Waals surface area contributed by atoms with Crippen molar-refractivity contribution in [1.29, 1.82) is 0 Å². The topological polar surface area (TPSA) is 44.1 Å². The Labute approximate surface area is 115 Å². The van der Waals surface area contributed by atoms with E-state index in [0.29, 0.717) is 35.8 Å². The fourth-order valence-corrected chi connectivity index (χ4v) is 1.96. The molecule has 1 atom stereocenters. The molecule has 19 heavy (non-hydrogen) atoms. The average molecular weight is 285 g/mol. The molecular weight excluding hydrogens is 271 g/mol. The lowest BCUT2D eigenvalue weighted by Gasteiger charge is -2.10. The van der Waals surface area contributed by atoms with E-state index in [0.717, 1.165) is 0 Å². The van der Waals surface area contributed by atoms with E-state index in [2.05, 4.69) is 18.3 Å². The molecule has 1 heterocycles. The maximum absolute atomic E-state index is 12.1. The summed E-state index contributed by atoms with van der Waals surface area (Å²) in [5.41, 5.74) is 1.02. The van der Waals surface area contributed by atoms with Crippen LogP contribution in [0.3, 0.4) is 0 Å². The second-order valence-corrected chi connectivity index (χ2v) is 3.93. The first-order valence-electron chi connectivity index (χ1n) is 5.52. The zero-order chi connectivity index (χ0) is 14.3. The predicted octanol–water partition coefficient (Wildman–Crippen LogP) is 3.15. The quantitative estimate of drug-likeness (QED) is 0.544. The Morgan fingerprint density at radius 1 is 1.53 bits per heavy atom. The zero-order valence-corrected chi connectivity index (χ0v) is 11.0. The van der Waals surface area contributed by atoms with Crippen molar-refractivity contribution in [3.05, 3.63) is 54.1 Å². The molecule has 4 nitrogen and oxygen atoms in total. The molecule has 0 aliphatic rings. The number of halogens is 2. The number of carbonyl (C=O) groups excluding carboxylic acids is 1. The van der Waals surface area contributed by atoms with Crippen LogP contribution in [-0.2, 0) is 22.5 Å². The van der Waals surface area contributed by atoms with Crippen molar-refractivity contribution in [2.75, 3.05) is 0 Å². The molecule has 0 radical (unpaired) electrons. The van der Waals surface area contributed by atoms with Crippen LogP contribution in [-0.4, -0.2) is 16.3 Å². The Kier molecular flexibility index (Phi) is 6.02. The van der Waals surface area contributed by atoms with Crippen molar-refractivity contribution in [3.63, 3.8) is 0 Å². The molecule has 102 valence electrons. The fraction of sp³-hybridized carbons (Fsp3) is 0.231. The first-order valence-corrected chi connectivity index (χ1v) is 5.90. The van der Waals surface area contributed by atoms with E-state index < -0.39 is 6.10 Å². The van der Waals surface area contributed by atoms with Crippen LogP contribution in [0, 0.1) is 0 Å². The van der Waals surface area contributed by atoms with Gasteiger partial charge in [-0.05, 0) is 6.08 Å². The van der Waals surface area contributed by atoms with E-state index >= 15 is 0 Å². The van der Waals surface area contributed by atoms with Crippen LogP contribution >= 0.6 is 11.6 Å². The number of allylic oxidation sites excluding steroid dienone is 2. The standard InChI is InChI=1S/C13H14ClFN2O2/c1-3-8-17-13(14)12(11(4-2)19-9-18)10(16-17)6-5-7-15/h3-5,7,9,11H,1-2,6,8H2. The van der Waals surface area contributed by atoms with Gasteiger partial charge in [0.15, 0.2) is 0 Å². The summed E-state index contributed by atoms with van der Waals surface area (Å²) in [6, 6.07) is 0. The molecule has 0 saturated carbocycles. The molecule has 1 rings (SSSR count). The molecule has 0 saturated heterocycles. The number of rotatable bonds is 8. The third kappa shape index (κ3) is 3.54. The number of hydrogen-bond acceptors (Lipinski definition) is 3. The van der Waals surface area contributed by atoms with Crippen molar-refractivity contribution in [3.8, 4) is 0 Å². The van der Waals surface area contributed by atoms with Crippen LogP contribution in [0.2, 0.25) is 5.15 Å². The third-order valence-electron chi connectivity index (χ3n) is 2.40. The normalized spacial score (nSPS) is 12.3. The first kappa shape index (κ1) is 15.2. The van der Waals surface area contributed by atoms with Gasteiger partial charge in [0.25, 0.3) is 6.47 Å². The highest BCUT2D eigenvalue weighted by Crippen LogP contribution is 2.30. The SMILES string of the molecule is C=CCn1nc(CC=CF)c(C(C=C)OC=O)c1Cl. The highest BCUT2D eigenvalue weighted by molar-refractivity contribution is 6.30. The summed E-state index contributed by atoms with van der Waals surface area (Å²) >= 11 is 6.19. The van der Waals surface area contributed by atoms with Gasteiger partial charge < -0.3 is 4.74 Å². The molecule has 0 N–H and O–H groups in total. The summed E-state index contributed by atoms with van der Waals surface area (Å²) in [6.45, 7) is 7.89. The Bertz CT molecular complexity index is 497. The van der Waals surface area contributed by atoms with Crippen molar-refractivity contribution >= 4 is 18.1 Å². The van der Waals surface area contributed by atoms with Crippen molar-refractivity contribution < 1.29 is 13.9 Å². The summed E-state index contributed by atoms with van der Waals surface area (Å²) < 4.78 is 18.5. The second kappa shape index (κ2) is 7.53. The molecule has 0 spiro atoms. The Balaban J connectivity index is 3.25. The van der Waals surface area contributed by atoms with E-state index in [1.54, 1.807) is 6.08 Å². The molecule has 0 aliphatic carbocycles. The second-order valence-electron chi connectivity index (χ2n) is 3.58. The molecule has 1 unspecified atom stereocenters. The van der Waals surface area contributed by atoms with Crippen LogP contribution < -0.4 is 0 Å². The summed E-state index contributed by atoms with van der Waals surface area (Å²) in [6.07, 6.45) is 4.29. The third-order valence-corrected chi connectivity index (χ3v) is 2.80. The van der Waals surface area contributed by atoms with Gasteiger partial charge in [-0.1, -0.05) is 30.3 Å². The van der Waals surface area contributed by atoms with Gasteiger partial charge in [0.1, 0.15) is 11.3 Å². The maximum Gasteiger partial charge on any atom is 0.294 e. The number of hydrogen-bond donors (Lipinski definition) is 0. The largest absolute Gasteiger partial charge is 0.455 e. The number of carbonyl (C=O) groups is 1. The summed E-state index contributed by atoms with van der Waals surface area (Å²) in [5, 5.41) is 4.55. The summed E-state index contributed by atoms with van der Waals surface area (Å²) in [5.74, 6) is 0. The van der Waals surface area contributed by atoms with E-state index in [1.165, 1.54) is 16.8 Å². The maximum atomic E-state index is 12.1. The predicted molar refractivity (Wildman–Crippen MR) is 71.5 cm³/mol. The van der Waals surface area contributed by atoms with E-state index in [9.17, 15) is 9.18 Å². The van der Waals surface area contributed by atoms with Gasteiger partial charge in [-0.3, -0.25) is 4.79 Å². The van der Waals surface area contributed by atoms with Crippen molar-refractivity contribution in [2.24, 2.45) is 0 Å². The molecule has 6 heteroatoms. The molecular formula is C13H14ClFN2O2. The lowest BCUT2D eigenvalue weighted by atomic mass is 10.1.